The normalized spacial score (nSPS) is 24.5. The summed E-state index contributed by atoms with van der Waals surface area (Å²) >= 11 is 0.946. The Kier molecular flexibility index (Phi) is 9.97. The number of aliphatic hydroxyl groups is 2. The molecule has 1 unspecified atom stereocenters. The van der Waals surface area contributed by atoms with Crippen LogP contribution in [0.2, 0.25) is 0 Å². The molecule has 12 nitrogen and oxygen atoms in total. The molecule has 1 fully saturated rings. The number of carbonyl (C=O) groups excluding carboxylic acids is 1. The summed E-state index contributed by atoms with van der Waals surface area (Å²) in [6, 6.07) is 9.15. The number of ether oxygens (including phenoxy) is 1. The van der Waals surface area contributed by atoms with E-state index in [-0.39, 0.29) is 36.3 Å². The van der Waals surface area contributed by atoms with Crippen LogP contribution in [0.5, 0.6) is 0 Å². The van der Waals surface area contributed by atoms with Gasteiger partial charge in [-0.2, -0.15) is 5.10 Å². The monoisotopic (exact) mass is 611 g/mol. The molecule has 3 N–H and O–H groups in total. The minimum atomic E-state index is -4.01. The highest BCUT2D eigenvalue weighted by molar-refractivity contribution is 8.13. The van der Waals surface area contributed by atoms with Crippen molar-refractivity contribution in [1.82, 2.24) is 24.7 Å². The van der Waals surface area contributed by atoms with Crippen molar-refractivity contribution in [3.05, 3.63) is 59.8 Å². The first-order valence-electron chi connectivity index (χ1n) is 13.0. The van der Waals surface area contributed by atoms with Gasteiger partial charge in [0.1, 0.15) is 24.6 Å². The number of fused-ring (bicyclic) bond motifs is 1. The predicted octanol–water partition coefficient (Wildman–Crippen LogP) is 3.17. The van der Waals surface area contributed by atoms with Crippen LogP contribution in [-0.4, -0.2) is 78.4 Å². The van der Waals surface area contributed by atoms with E-state index in [2.05, 4.69) is 20.2 Å². The molecule has 3 aromatic rings. The second kappa shape index (κ2) is 12.9. The number of hydrogen-bond acceptors (Lipinski definition) is 11. The lowest BCUT2D eigenvalue weighted by Gasteiger charge is -2.24. The number of benzene rings is 1. The van der Waals surface area contributed by atoms with Gasteiger partial charge in [0.15, 0.2) is 16.4 Å². The highest BCUT2D eigenvalue weighted by atomic mass is 32.2. The molecule has 41 heavy (non-hydrogen) atoms. The molecule has 0 amide bonds. The molecule has 0 saturated carbocycles. The van der Waals surface area contributed by atoms with Crippen LogP contribution in [-0.2, 0) is 29.7 Å². The zero-order valence-electron chi connectivity index (χ0n) is 23.3. The molecule has 1 aliphatic rings. The lowest BCUT2D eigenvalue weighted by Crippen LogP contribution is -2.40. The van der Waals surface area contributed by atoms with Crippen molar-refractivity contribution >= 4 is 30.3 Å². The maximum Gasteiger partial charge on any atom is 0.405 e. The molecule has 4 rings (SSSR count). The van der Waals surface area contributed by atoms with Crippen molar-refractivity contribution in [1.29, 1.82) is 0 Å². The van der Waals surface area contributed by atoms with Gasteiger partial charge in [0.25, 0.3) is 0 Å². The number of nitrogens with one attached hydrogen (secondary N) is 1. The number of rotatable bonds is 13. The van der Waals surface area contributed by atoms with Gasteiger partial charge < -0.3 is 14.9 Å². The summed E-state index contributed by atoms with van der Waals surface area (Å²) in [5, 5.41) is 26.9. The number of carbonyl (C=O) groups is 1. The predicted molar refractivity (Wildman–Crippen MR) is 150 cm³/mol. The maximum absolute atomic E-state index is 15.9. The standard InChI is InChI=1S/C26H35FN5O7PS/c1-17-23-28-13-19(32(23)30-16-29-17)22-26(4,27)21(34)20(39-22)14-38-40(36,31-12-18-8-6-5-7-9-18)37-10-11-41-24(35)25(2,3)15-33/h5-9,13,16,20-22,33-34H,10-12,14-15H2,1-4H3,(H,31,36)/t20-,21-,22+,26-,40?/m1/s1. The first-order valence-corrected chi connectivity index (χ1v) is 15.5. The minimum absolute atomic E-state index is 0.116. The fourth-order valence-corrected chi connectivity index (χ4v) is 6.39. The number of thioether (sulfide) groups is 1. The Balaban J connectivity index is 1.44. The number of nitrogens with zero attached hydrogens (tertiary/aromatic N) is 4. The summed E-state index contributed by atoms with van der Waals surface area (Å²) in [6.45, 7) is 5.46. The Hall–Kier alpha value is -2.29. The summed E-state index contributed by atoms with van der Waals surface area (Å²) in [7, 11) is -4.01. The molecule has 1 aromatic carbocycles. The molecule has 1 saturated heterocycles. The van der Waals surface area contributed by atoms with E-state index in [1.807, 2.05) is 30.3 Å². The Morgan fingerprint density at radius 3 is 2.73 bits per heavy atom. The third-order valence-corrected chi connectivity index (χ3v) is 9.53. The van der Waals surface area contributed by atoms with Gasteiger partial charge >= 0.3 is 7.75 Å². The summed E-state index contributed by atoms with van der Waals surface area (Å²) in [5.41, 5.74) is -1.06. The number of aromatic nitrogens is 4. The fraction of sp³-hybridized carbons (Fsp3) is 0.538. The largest absolute Gasteiger partial charge is 0.405 e. The summed E-state index contributed by atoms with van der Waals surface area (Å²) < 4.78 is 48.1. The topological polar surface area (TPSA) is 157 Å². The van der Waals surface area contributed by atoms with Crippen molar-refractivity contribution in [2.75, 3.05) is 25.6 Å². The van der Waals surface area contributed by atoms with E-state index in [0.29, 0.717) is 11.3 Å². The van der Waals surface area contributed by atoms with Crippen LogP contribution in [0.4, 0.5) is 4.39 Å². The van der Waals surface area contributed by atoms with Crippen molar-refractivity contribution in [2.45, 2.75) is 58.2 Å². The number of halogens is 1. The Morgan fingerprint density at radius 1 is 1.29 bits per heavy atom. The average molecular weight is 612 g/mol. The van der Waals surface area contributed by atoms with E-state index in [4.69, 9.17) is 13.8 Å². The Bertz CT molecular complexity index is 1390. The van der Waals surface area contributed by atoms with Gasteiger partial charge in [0.2, 0.25) is 0 Å². The lowest BCUT2D eigenvalue weighted by molar-refractivity contribution is -0.119. The first kappa shape index (κ1) is 31.6. The van der Waals surface area contributed by atoms with Gasteiger partial charge in [-0.15, -0.1) is 0 Å². The quantitative estimate of drug-likeness (QED) is 0.192. The molecule has 224 valence electrons. The summed E-state index contributed by atoms with van der Waals surface area (Å²) in [6.07, 6.45) is -1.33. The summed E-state index contributed by atoms with van der Waals surface area (Å²) in [5.74, 6) is 0.158. The molecule has 1 aliphatic heterocycles. The van der Waals surface area contributed by atoms with Crippen LogP contribution in [0.25, 0.3) is 5.65 Å². The van der Waals surface area contributed by atoms with Crippen molar-refractivity contribution in [2.24, 2.45) is 5.41 Å². The third-order valence-electron chi connectivity index (χ3n) is 6.78. The van der Waals surface area contributed by atoms with Gasteiger partial charge in [-0.1, -0.05) is 42.1 Å². The van der Waals surface area contributed by atoms with Crippen molar-refractivity contribution in [3.8, 4) is 0 Å². The fourth-order valence-electron chi connectivity index (χ4n) is 4.15. The summed E-state index contributed by atoms with van der Waals surface area (Å²) in [4.78, 5) is 20.6. The molecule has 2 aromatic heterocycles. The number of hydrogen-bond donors (Lipinski definition) is 3. The highest BCUT2D eigenvalue weighted by Gasteiger charge is 2.56. The Labute approximate surface area is 241 Å². The van der Waals surface area contributed by atoms with Crippen LogP contribution in [0.1, 0.15) is 43.8 Å². The number of aryl methyl sites for hydroxylation is 1. The molecule has 15 heteroatoms. The average Bonchev–Trinajstić information content (AvgIpc) is 3.48. The van der Waals surface area contributed by atoms with Gasteiger partial charge in [-0.05, 0) is 33.3 Å². The molecule has 0 radical (unpaired) electrons. The second-order valence-electron chi connectivity index (χ2n) is 10.5. The van der Waals surface area contributed by atoms with Gasteiger partial charge in [-0.25, -0.2) is 28.5 Å². The molecule has 0 spiro atoms. The van der Waals surface area contributed by atoms with Crippen LogP contribution < -0.4 is 5.09 Å². The van der Waals surface area contributed by atoms with E-state index in [0.717, 1.165) is 17.3 Å². The molecule has 5 atom stereocenters. The Morgan fingerprint density at radius 2 is 2.02 bits per heavy atom. The molecule has 0 bridgehead atoms. The van der Waals surface area contributed by atoms with Crippen LogP contribution in [0.15, 0.2) is 42.9 Å². The smallest absolute Gasteiger partial charge is 0.395 e. The third kappa shape index (κ3) is 7.20. The van der Waals surface area contributed by atoms with Crippen LogP contribution in [0, 0.1) is 12.3 Å². The van der Waals surface area contributed by atoms with Crippen LogP contribution in [0.3, 0.4) is 0 Å². The van der Waals surface area contributed by atoms with E-state index in [9.17, 15) is 19.6 Å². The zero-order chi connectivity index (χ0) is 29.8. The van der Waals surface area contributed by atoms with Gasteiger partial charge in [0, 0.05) is 12.3 Å². The maximum atomic E-state index is 15.9. The molecule has 3 heterocycles. The minimum Gasteiger partial charge on any atom is -0.395 e. The molecular formula is C26H35FN5O7PS. The number of aliphatic hydroxyl groups excluding tert-OH is 2. The van der Waals surface area contributed by atoms with E-state index in [1.54, 1.807) is 20.8 Å². The van der Waals surface area contributed by atoms with Gasteiger partial charge in [0.05, 0.1) is 42.8 Å². The van der Waals surface area contributed by atoms with Crippen molar-refractivity contribution < 1.29 is 37.7 Å². The van der Waals surface area contributed by atoms with E-state index < -0.39 is 43.7 Å². The van der Waals surface area contributed by atoms with E-state index >= 15 is 4.39 Å². The lowest BCUT2D eigenvalue weighted by atomic mass is 9.93. The van der Waals surface area contributed by atoms with Crippen LogP contribution >= 0.6 is 19.5 Å². The zero-order valence-corrected chi connectivity index (χ0v) is 25.0. The molecular weight excluding hydrogens is 576 g/mol. The highest BCUT2D eigenvalue weighted by Crippen LogP contribution is 2.48. The first-order chi connectivity index (χ1) is 19.4. The van der Waals surface area contributed by atoms with E-state index in [1.165, 1.54) is 24.0 Å². The number of imidazole rings is 1. The SMILES string of the molecule is Cc1ncnn2c([C@@H]3O[C@H](COP(=O)(NCc4ccccc4)OCCSC(=O)C(C)(C)CO)[C@@H](O)[C@@]3(C)F)cnc12. The molecule has 0 aliphatic carbocycles. The number of alkyl halides is 1. The second-order valence-corrected chi connectivity index (χ2v) is 13.4. The van der Waals surface area contributed by atoms with Gasteiger partial charge in [-0.3, -0.25) is 13.8 Å². The van der Waals surface area contributed by atoms with Crippen molar-refractivity contribution in [3.63, 3.8) is 0 Å².